The zero-order valence-corrected chi connectivity index (χ0v) is 15.2. The fourth-order valence-electron chi connectivity index (χ4n) is 2.49. The summed E-state index contributed by atoms with van der Waals surface area (Å²) < 4.78 is 12.0. The van der Waals surface area contributed by atoms with Gasteiger partial charge in [0, 0.05) is 19.7 Å². The number of benzene rings is 1. The van der Waals surface area contributed by atoms with Gasteiger partial charge >= 0.3 is 22.9 Å². The maximum absolute atomic E-state index is 12.1. The van der Waals surface area contributed by atoms with Crippen LogP contribution in [0.4, 0.5) is 5.69 Å². The number of aromatic nitrogens is 2. The van der Waals surface area contributed by atoms with Crippen LogP contribution in [-0.4, -0.2) is 38.9 Å². The summed E-state index contributed by atoms with van der Waals surface area (Å²) in [7, 11) is 3.80. The fourth-order valence-corrected chi connectivity index (χ4v) is 2.49. The average Bonchev–Trinajstić information content (AvgIpc) is 2.65. The molecule has 1 aromatic carbocycles. The van der Waals surface area contributed by atoms with Crippen LogP contribution in [0, 0.1) is 10.1 Å². The highest BCUT2D eigenvalue weighted by Gasteiger charge is 2.23. The van der Waals surface area contributed by atoms with Gasteiger partial charge in [0.2, 0.25) is 0 Å². The molecule has 2 aromatic rings. The molecule has 0 saturated carbocycles. The number of rotatable bonds is 7. The fraction of sp³-hybridized carbons (Fsp3) is 0.235. The second-order valence-electron chi connectivity index (χ2n) is 5.59. The van der Waals surface area contributed by atoms with Crippen molar-refractivity contribution >= 4 is 23.8 Å². The number of para-hydroxylation sites is 1. The van der Waals surface area contributed by atoms with Gasteiger partial charge < -0.3 is 14.6 Å². The largest absolute Gasteiger partial charge is 0.493 e. The quantitative estimate of drug-likeness (QED) is 0.535. The topological polar surface area (TPSA) is 143 Å². The Kier molecular flexibility index (Phi) is 5.98. The number of carboxylic acids is 1. The first-order valence-electron chi connectivity index (χ1n) is 7.83. The molecule has 1 aromatic heterocycles. The van der Waals surface area contributed by atoms with Gasteiger partial charge in [0.05, 0.1) is 12.0 Å². The molecule has 148 valence electrons. The van der Waals surface area contributed by atoms with Gasteiger partial charge in [0.1, 0.15) is 5.69 Å². The van der Waals surface area contributed by atoms with E-state index in [0.29, 0.717) is 10.1 Å². The van der Waals surface area contributed by atoms with Gasteiger partial charge in [-0.1, -0.05) is 12.1 Å². The summed E-state index contributed by atoms with van der Waals surface area (Å²) in [4.78, 5) is 45.5. The van der Waals surface area contributed by atoms with E-state index in [2.05, 4.69) is 0 Å². The zero-order chi connectivity index (χ0) is 21.0. The van der Waals surface area contributed by atoms with Crippen LogP contribution in [0.15, 0.2) is 27.8 Å². The Hall–Kier alpha value is -3.89. The van der Waals surface area contributed by atoms with Gasteiger partial charge in [-0.15, -0.1) is 0 Å². The van der Waals surface area contributed by atoms with Crippen LogP contribution in [-0.2, 0) is 18.9 Å². The van der Waals surface area contributed by atoms with E-state index in [1.807, 2.05) is 0 Å². The second kappa shape index (κ2) is 8.20. The summed E-state index contributed by atoms with van der Waals surface area (Å²) >= 11 is 0. The Morgan fingerprint density at radius 1 is 1.25 bits per heavy atom. The number of aliphatic carboxylic acids is 1. The van der Waals surface area contributed by atoms with E-state index < -0.39 is 34.4 Å². The molecule has 28 heavy (non-hydrogen) atoms. The lowest BCUT2D eigenvalue weighted by molar-refractivity contribution is -0.387. The van der Waals surface area contributed by atoms with Crippen LogP contribution in [0.5, 0.6) is 11.5 Å². The standard InChI is InChI=1S/C17H17N3O8/c1-18-11(14(20(25)26)16(23)19(2)17(18)24)8-7-10-5-4-6-12(27-3)15(10)28-9-13(21)22/h4-8H,9H2,1-3H3,(H,21,22). The third-order valence-electron chi connectivity index (χ3n) is 3.86. The first-order chi connectivity index (χ1) is 13.2. The Labute approximate surface area is 157 Å². The number of carbonyl (C=O) groups is 1. The van der Waals surface area contributed by atoms with Gasteiger partial charge in [-0.25, -0.2) is 9.59 Å². The molecule has 0 fully saturated rings. The highest BCUT2D eigenvalue weighted by atomic mass is 16.6. The maximum atomic E-state index is 12.1. The molecule has 0 aliphatic carbocycles. The second-order valence-corrected chi connectivity index (χ2v) is 5.59. The number of carboxylic acid groups (broad SMARTS) is 1. The molecular weight excluding hydrogens is 374 g/mol. The van der Waals surface area contributed by atoms with Crippen molar-refractivity contribution in [2.75, 3.05) is 13.7 Å². The predicted molar refractivity (Wildman–Crippen MR) is 98.6 cm³/mol. The lowest BCUT2D eigenvalue weighted by Crippen LogP contribution is -2.39. The number of ether oxygens (including phenoxy) is 2. The minimum atomic E-state index is -1.20. The lowest BCUT2D eigenvalue weighted by Gasteiger charge is -2.12. The van der Waals surface area contributed by atoms with Crippen molar-refractivity contribution in [3.8, 4) is 11.5 Å². The van der Waals surface area contributed by atoms with Crippen molar-refractivity contribution in [3.63, 3.8) is 0 Å². The third kappa shape index (κ3) is 3.92. The smallest absolute Gasteiger partial charge is 0.357 e. The molecule has 0 aliphatic rings. The first kappa shape index (κ1) is 20.4. The van der Waals surface area contributed by atoms with Crippen molar-refractivity contribution in [1.82, 2.24) is 9.13 Å². The van der Waals surface area contributed by atoms with Crippen molar-refractivity contribution in [3.05, 3.63) is 60.4 Å². The Morgan fingerprint density at radius 2 is 1.93 bits per heavy atom. The number of nitrogens with zero attached hydrogens (tertiary/aromatic N) is 3. The van der Waals surface area contributed by atoms with E-state index in [4.69, 9.17) is 14.6 Å². The summed E-state index contributed by atoms with van der Waals surface area (Å²) in [6.45, 7) is -0.633. The highest BCUT2D eigenvalue weighted by Crippen LogP contribution is 2.32. The monoisotopic (exact) mass is 391 g/mol. The summed E-state index contributed by atoms with van der Waals surface area (Å²) in [6, 6.07) is 4.70. The molecule has 2 rings (SSSR count). The molecule has 1 N–H and O–H groups in total. The molecule has 0 bridgehead atoms. The minimum absolute atomic E-state index is 0.0973. The molecule has 0 radical (unpaired) electrons. The Bertz CT molecular complexity index is 1080. The van der Waals surface area contributed by atoms with Crippen molar-refractivity contribution in [1.29, 1.82) is 0 Å². The van der Waals surface area contributed by atoms with Crippen LogP contribution in [0.2, 0.25) is 0 Å². The molecule has 0 aliphatic heterocycles. The summed E-state index contributed by atoms with van der Waals surface area (Å²) in [5, 5.41) is 20.2. The molecule has 0 spiro atoms. The molecule has 11 nitrogen and oxygen atoms in total. The lowest BCUT2D eigenvalue weighted by atomic mass is 10.1. The summed E-state index contributed by atoms with van der Waals surface area (Å²) in [5.41, 5.74) is -2.42. The molecule has 0 unspecified atom stereocenters. The Balaban J connectivity index is 2.64. The van der Waals surface area contributed by atoms with E-state index in [-0.39, 0.29) is 17.2 Å². The van der Waals surface area contributed by atoms with E-state index in [1.165, 1.54) is 26.3 Å². The molecular formula is C17H17N3O8. The zero-order valence-electron chi connectivity index (χ0n) is 15.2. The summed E-state index contributed by atoms with van der Waals surface area (Å²) in [5.74, 6) is -0.860. The first-order valence-corrected chi connectivity index (χ1v) is 7.83. The molecule has 1 heterocycles. The van der Waals surface area contributed by atoms with Gasteiger partial charge in [-0.3, -0.25) is 24.0 Å². The van der Waals surface area contributed by atoms with Crippen LogP contribution >= 0.6 is 0 Å². The SMILES string of the molecule is COc1cccc(C=Cc2c([N+](=O)[O-])c(=O)n(C)c(=O)n2C)c1OCC(=O)O. The molecule has 0 amide bonds. The van der Waals surface area contributed by atoms with Crippen molar-refractivity contribution < 1.29 is 24.3 Å². The number of methoxy groups -OCH3 is 1. The normalized spacial score (nSPS) is 10.8. The maximum Gasteiger partial charge on any atom is 0.357 e. The van der Waals surface area contributed by atoms with Crippen molar-refractivity contribution in [2.45, 2.75) is 0 Å². The van der Waals surface area contributed by atoms with Gasteiger partial charge in [0.15, 0.2) is 18.1 Å². The van der Waals surface area contributed by atoms with Crippen LogP contribution in [0.25, 0.3) is 12.2 Å². The van der Waals surface area contributed by atoms with E-state index in [9.17, 15) is 24.5 Å². The van der Waals surface area contributed by atoms with E-state index >= 15 is 0 Å². The van der Waals surface area contributed by atoms with Gasteiger partial charge in [-0.05, 0) is 18.2 Å². The van der Waals surface area contributed by atoms with E-state index in [1.54, 1.807) is 18.2 Å². The van der Waals surface area contributed by atoms with Gasteiger partial charge in [0.25, 0.3) is 0 Å². The third-order valence-corrected chi connectivity index (χ3v) is 3.86. The number of nitro groups is 1. The minimum Gasteiger partial charge on any atom is -0.493 e. The predicted octanol–water partition coefficient (Wildman–Crippen LogP) is 0.635. The van der Waals surface area contributed by atoms with Crippen molar-refractivity contribution in [2.24, 2.45) is 14.1 Å². The number of hydrogen-bond acceptors (Lipinski definition) is 7. The Morgan fingerprint density at radius 3 is 2.50 bits per heavy atom. The molecule has 11 heteroatoms. The highest BCUT2D eigenvalue weighted by molar-refractivity contribution is 5.76. The van der Waals surface area contributed by atoms with E-state index in [0.717, 1.165) is 11.6 Å². The van der Waals surface area contributed by atoms with Crippen LogP contribution in [0.1, 0.15) is 11.3 Å². The average molecular weight is 391 g/mol. The summed E-state index contributed by atoms with van der Waals surface area (Å²) in [6.07, 6.45) is 2.57. The van der Waals surface area contributed by atoms with Crippen LogP contribution in [0.3, 0.4) is 0 Å². The van der Waals surface area contributed by atoms with Crippen LogP contribution < -0.4 is 20.7 Å². The van der Waals surface area contributed by atoms with Gasteiger partial charge in [-0.2, -0.15) is 0 Å². The molecule has 0 saturated heterocycles. The number of hydrogen-bond donors (Lipinski definition) is 1. The molecule has 0 atom stereocenters.